The number of nitrogens with one attached hydrogen (secondary N) is 1. The lowest BCUT2D eigenvalue weighted by Gasteiger charge is -2.02. The highest BCUT2D eigenvalue weighted by Crippen LogP contribution is 2.21. The van der Waals surface area contributed by atoms with Gasteiger partial charge in [0.2, 0.25) is 5.82 Å². The summed E-state index contributed by atoms with van der Waals surface area (Å²) < 4.78 is 1.46. The van der Waals surface area contributed by atoms with Gasteiger partial charge in [0.05, 0.1) is 4.92 Å². The maximum absolute atomic E-state index is 10.8. The topological polar surface area (TPSA) is 73.0 Å². The van der Waals surface area contributed by atoms with Gasteiger partial charge in [-0.1, -0.05) is 39.0 Å². The van der Waals surface area contributed by atoms with Gasteiger partial charge in [0.25, 0.3) is 0 Å². The molecule has 1 N–H and O–H groups in total. The zero-order chi connectivity index (χ0) is 13.4. The van der Waals surface area contributed by atoms with E-state index in [-0.39, 0.29) is 5.69 Å². The summed E-state index contributed by atoms with van der Waals surface area (Å²) in [5, 5.41) is 17.8. The molecule has 0 radical (unpaired) electrons. The highest BCUT2D eigenvalue weighted by atomic mass is 16.6. The van der Waals surface area contributed by atoms with Gasteiger partial charge in [-0.2, -0.15) is 0 Å². The van der Waals surface area contributed by atoms with Crippen molar-refractivity contribution >= 4 is 11.5 Å². The van der Waals surface area contributed by atoms with Crippen molar-refractivity contribution in [2.24, 2.45) is 7.05 Å². The van der Waals surface area contributed by atoms with Crippen LogP contribution in [0.5, 0.6) is 0 Å². The van der Waals surface area contributed by atoms with Gasteiger partial charge in [-0.3, -0.25) is 14.8 Å². The van der Waals surface area contributed by atoms with E-state index in [4.69, 9.17) is 0 Å². The molecule has 0 bridgehead atoms. The molecule has 1 aromatic heterocycles. The molecule has 6 heteroatoms. The molecule has 0 spiro atoms. The van der Waals surface area contributed by atoms with Gasteiger partial charge in [-0.05, 0) is 6.42 Å². The first-order chi connectivity index (χ1) is 8.65. The molecule has 0 aliphatic heterocycles. The lowest BCUT2D eigenvalue weighted by atomic mass is 10.1. The molecule has 0 saturated carbocycles. The molecule has 1 aromatic rings. The molecule has 6 nitrogen and oxygen atoms in total. The van der Waals surface area contributed by atoms with Crippen LogP contribution in [-0.2, 0) is 7.05 Å². The van der Waals surface area contributed by atoms with E-state index in [1.807, 2.05) is 0 Å². The van der Waals surface area contributed by atoms with Crippen LogP contribution in [0, 0.1) is 10.1 Å². The van der Waals surface area contributed by atoms with Gasteiger partial charge in [-0.25, -0.2) is 0 Å². The largest absolute Gasteiger partial charge is 0.363 e. The second kappa shape index (κ2) is 7.68. The third kappa shape index (κ3) is 4.73. The van der Waals surface area contributed by atoms with Gasteiger partial charge in [-0.15, -0.1) is 5.10 Å². The Kier molecular flexibility index (Phi) is 6.18. The Labute approximate surface area is 108 Å². The van der Waals surface area contributed by atoms with Crippen LogP contribution in [0.25, 0.3) is 0 Å². The predicted octanol–water partition coefficient (Wildman–Crippen LogP) is 3.10. The molecular weight excluding hydrogens is 232 g/mol. The predicted molar refractivity (Wildman–Crippen MR) is 71.7 cm³/mol. The summed E-state index contributed by atoms with van der Waals surface area (Å²) in [6, 6.07) is 0. The molecule has 18 heavy (non-hydrogen) atoms. The zero-order valence-corrected chi connectivity index (χ0v) is 11.2. The van der Waals surface area contributed by atoms with Crippen LogP contribution in [0.15, 0.2) is 6.20 Å². The minimum absolute atomic E-state index is 0.0449. The van der Waals surface area contributed by atoms with E-state index in [1.165, 1.54) is 36.6 Å². The van der Waals surface area contributed by atoms with Crippen molar-refractivity contribution in [2.75, 3.05) is 11.9 Å². The molecule has 0 unspecified atom stereocenters. The summed E-state index contributed by atoms with van der Waals surface area (Å²) in [5.74, 6) is 0.371. The number of hydrogen-bond donors (Lipinski definition) is 1. The summed E-state index contributed by atoms with van der Waals surface area (Å²) >= 11 is 0. The van der Waals surface area contributed by atoms with Crippen molar-refractivity contribution in [3.05, 3.63) is 16.3 Å². The Morgan fingerprint density at radius 2 is 2.00 bits per heavy atom. The number of nitrogens with zero attached hydrogens (tertiary/aromatic N) is 3. The number of rotatable bonds is 9. The highest BCUT2D eigenvalue weighted by Gasteiger charge is 2.17. The maximum Gasteiger partial charge on any atom is 0.330 e. The highest BCUT2D eigenvalue weighted by molar-refractivity contribution is 5.54. The summed E-state index contributed by atoms with van der Waals surface area (Å²) in [4.78, 5) is 10.3. The normalized spacial score (nSPS) is 10.6. The summed E-state index contributed by atoms with van der Waals surface area (Å²) in [5.41, 5.74) is 0.0449. The molecular formula is C12H22N4O2. The van der Waals surface area contributed by atoms with Gasteiger partial charge in [0.1, 0.15) is 6.20 Å². The molecule has 1 rings (SSSR count). The Balaban J connectivity index is 2.25. The first-order valence-electron chi connectivity index (χ1n) is 6.57. The van der Waals surface area contributed by atoms with E-state index >= 15 is 0 Å². The fraction of sp³-hybridized carbons (Fsp3) is 0.750. The van der Waals surface area contributed by atoms with Crippen LogP contribution in [0.4, 0.5) is 11.5 Å². The monoisotopic (exact) mass is 254 g/mol. The van der Waals surface area contributed by atoms with E-state index in [2.05, 4.69) is 17.3 Å². The van der Waals surface area contributed by atoms with Crippen LogP contribution < -0.4 is 5.32 Å². The Bertz CT molecular complexity index is 376. The number of nitro groups is 1. The average Bonchev–Trinajstić information content (AvgIpc) is 2.69. The van der Waals surface area contributed by atoms with E-state index in [0.717, 1.165) is 19.4 Å². The number of aromatic nitrogens is 2. The van der Waals surface area contributed by atoms with Crippen molar-refractivity contribution in [3.8, 4) is 0 Å². The van der Waals surface area contributed by atoms with E-state index < -0.39 is 4.92 Å². The molecule has 0 fully saturated rings. The molecule has 0 atom stereocenters. The third-order valence-corrected chi connectivity index (χ3v) is 2.83. The van der Waals surface area contributed by atoms with E-state index in [0.29, 0.717) is 5.82 Å². The first kappa shape index (κ1) is 14.5. The van der Waals surface area contributed by atoms with Crippen LogP contribution in [0.2, 0.25) is 0 Å². The van der Waals surface area contributed by atoms with Crippen molar-refractivity contribution in [2.45, 2.75) is 45.4 Å². The van der Waals surface area contributed by atoms with Gasteiger partial charge < -0.3 is 5.32 Å². The Hall–Kier alpha value is -1.59. The quantitative estimate of drug-likeness (QED) is 0.417. The molecule has 0 amide bonds. The number of aryl methyl sites for hydroxylation is 1. The smallest absolute Gasteiger partial charge is 0.330 e. The fourth-order valence-corrected chi connectivity index (χ4v) is 1.85. The van der Waals surface area contributed by atoms with Crippen LogP contribution >= 0.6 is 0 Å². The Morgan fingerprint density at radius 1 is 1.33 bits per heavy atom. The number of anilines is 1. The van der Waals surface area contributed by atoms with E-state index in [9.17, 15) is 10.1 Å². The molecule has 1 heterocycles. The zero-order valence-electron chi connectivity index (χ0n) is 11.2. The lowest BCUT2D eigenvalue weighted by molar-refractivity contribution is -0.384. The SMILES string of the molecule is CCCCCCCCNc1nn(C)cc1[N+](=O)[O-]. The van der Waals surface area contributed by atoms with Crippen LogP contribution in [0.3, 0.4) is 0 Å². The molecule has 0 saturated heterocycles. The third-order valence-electron chi connectivity index (χ3n) is 2.83. The first-order valence-corrected chi connectivity index (χ1v) is 6.57. The summed E-state index contributed by atoms with van der Waals surface area (Å²) in [7, 11) is 1.68. The van der Waals surface area contributed by atoms with Gasteiger partial charge >= 0.3 is 5.69 Å². The minimum atomic E-state index is -0.406. The van der Waals surface area contributed by atoms with E-state index in [1.54, 1.807) is 7.05 Å². The lowest BCUT2D eigenvalue weighted by Crippen LogP contribution is -2.04. The van der Waals surface area contributed by atoms with Crippen molar-refractivity contribution in [1.82, 2.24) is 9.78 Å². The number of hydrogen-bond acceptors (Lipinski definition) is 4. The van der Waals surface area contributed by atoms with Crippen LogP contribution in [0.1, 0.15) is 45.4 Å². The maximum atomic E-state index is 10.8. The molecule has 0 aliphatic carbocycles. The summed E-state index contributed by atoms with van der Waals surface area (Å²) in [6.45, 7) is 2.94. The summed E-state index contributed by atoms with van der Waals surface area (Å²) in [6.07, 6.45) is 8.66. The second-order valence-electron chi connectivity index (χ2n) is 4.49. The van der Waals surface area contributed by atoms with Crippen LogP contribution in [-0.4, -0.2) is 21.2 Å². The van der Waals surface area contributed by atoms with Crippen molar-refractivity contribution < 1.29 is 4.92 Å². The molecule has 0 aliphatic rings. The van der Waals surface area contributed by atoms with Gasteiger partial charge in [0, 0.05) is 13.6 Å². The second-order valence-corrected chi connectivity index (χ2v) is 4.49. The molecule has 102 valence electrons. The standard InChI is InChI=1S/C12H22N4O2/c1-3-4-5-6-7-8-9-13-12-11(16(17)18)10-15(2)14-12/h10H,3-9H2,1-2H3,(H,13,14). The fourth-order valence-electron chi connectivity index (χ4n) is 1.85. The number of unbranched alkanes of at least 4 members (excludes halogenated alkanes) is 5. The van der Waals surface area contributed by atoms with Gasteiger partial charge in [0.15, 0.2) is 0 Å². The van der Waals surface area contributed by atoms with Crippen molar-refractivity contribution in [1.29, 1.82) is 0 Å². The Morgan fingerprint density at radius 3 is 2.67 bits per heavy atom. The minimum Gasteiger partial charge on any atom is -0.363 e. The molecule has 0 aromatic carbocycles. The van der Waals surface area contributed by atoms with Crippen molar-refractivity contribution in [3.63, 3.8) is 0 Å². The average molecular weight is 254 g/mol.